The highest BCUT2D eigenvalue weighted by atomic mass is 35.5. The van der Waals surface area contributed by atoms with Crippen LogP contribution in [0.2, 0.25) is 10.0 Å². The fourth-order valence-electron chi connectivity index (χ4n) is 2.09. The van der Waals surface area contributed by atoms with Crippen LogP contribution in [0.15, 0.2) is 42.5 Å². The minimum absolute atomic E-state index is 0. The van der Waals surface area contributed by atoms with Gasteiger partial charge in [-0.2, -0.15) is 0 Å². The Morgan fingerprint density at radius 3 is 2.36 bits per heavy atom. The molecule has 120 valence electrons. The molecule has 0 unspecified atom stereocenters. The molecule has 0 saturated carbocycles. The van der Waals surface area contributed by atoms with E-state index in [1.807, 2.05) is 37.3 Å². The molecule has 0 aliphatic heterocycles. The molecule has 2 aromatic rings. The summed E-state index contributed by atoms with van der Waals surface area (Å²) in [7, 11) is 0. The Kier molecular flexibility index (Phi) is 8.66. The molecule has 2 nitrogen and oxygen atoms in total. The first-order chi connectivity index (χ1) is 10.2. The molecule has 2 aromatic carbocycles. The number of hydrogen-bond acceptors (Lipinski definition) is 2. The van der Waals surface area contributed by atoms with Gasteiger partial charge in [0.1, 0.15) is 5.75 Å². The van der Waals surface area contributed by atoms with Gasteiger partial charge in [-0.3, -0.25) is 0 Å². The van der Waals surface area contributed by atoms with Gasteiger partial charge in [-0.15, -0.1) is 12.4 Å². The van der Waals surface area contributed by atoms with Crippen LogP contribution in [0.5, 0.6) is 5.75 Å². The zero-order valence-electron chi connectivity index (χ0n) is 12.4. The summed E-state index contributed by atoms with van der Waals surface area (Å²) in [6, 6.07) is 13.7. The van der Waals surface area contributed by atoms with Gasteiger partial charge in [0.15, 0.2) is 0 Å². The number of halogens is 3. The minimum atomic E-state index is 0. The van der Waals surface area contributed by atoms with E-state index in [1.54, 1.807) is 0 Å². The maximum Gasteiger partial charge on any atom is 0.123 e. The molecule has 0 spiro atoms. The highest BCUT2D eigenvalue weighted by Gasteiger charge is 2.04. The molecule has 0 amide bonds. The molecule has 0 aliphatic carbocycles. The van der Waals surface area contributed by atoms with Gasteiger partial charge in [-0.05, 0) is 55.8 Å². The maximum absolute atomic E-state index is 6.04. The number of ether oxygens (including phenoxy) is 1. The van der Waals surface area contributed by atoms with Gasteiger partial charge < -0.3 is 10.1 Å². The SMILES string of the molecule is CCOc1ccc(Cl)cc1CNCCc1ccc(Cl)cc1.Cl. The lowest BCUT2D eigenvalue weighted by molar-refractivity contribution is 0.335. The van der Waals surface area contributed by atoms with Crippen molar-refractivity contribution in [2.45, 2.75) is 19.9 Å². The van der Waals surface area contributed by atoms with E-state index in [0.717, 1.165) is 40.9 Å². The summed E-state index contributed by atoms with van der Waals surface area (Å²) in [5.41, 5.74) is 2.35. The van der Waals surface area contributed by atoms with Gasteiger partial charge in [-0.25, -0.2) is 0 Å². The van der Waals surface area contributed by atoms with Crippen LogP contribution in [0.1, 0.15) is 18.1 Å². The molecule has 0 atom stereocenters. The lowest BCUT2D eigenvalue weighted by atomic mass is 10.1. The van der Waals surface area contributed by atoms with Crippen LogP contribution < -0.4 is 10.1 Å². The zero-order valence-corrected chi connectivity index (χ0v) is 14.8. The van der Waals surface area contributed by atoms with E-state index in [-0.39, 0.29) is 12.4 Å². The Morgan fingerprint density at radius 2 is 1.68 bits per heavy atom. The summed E-state index contributed by atoms with van der Waals surface area (Å²) in [5, 5.41) is 4.92. The molecule has 0 bridgehead atoms. The van der Waals surface area contributed by atoms with Crippen LogP contribution in [-0.4, -0.2) is 13.2 Å². The van der Waals surface area contributed by atoms with Crippen molar-refractivity contribution in [1.29, 1.82) is 0 Å². The lowest BCUT2D eigenvalue weighted by Crippen LogP contribution is -2.17. The van der Waals surface area contributed by atoms with Gasteiger partial charge >= 0.3 is 0 Å². The molecular formula is C17H20Cl3NO. The molecule has 0 aliphatic rings. The first-order valence-corrected chi connectivity index (χ1v) is 7.81. The van der Waals surface area contributed by atoms with Crippen LogP contribution in [0, 0.1) is 0 Å². The normalized spacial score (nSPS) is 10.1. The van der Waals surface area contributed by atoms with Crippen molar-refractivity contribution in [1.82, 2.24) is 5.32 Å². The van der Waals surface area contributed by atoms with Crippen LogP contribution >= 0.6 is 35.6 Å². The average Bonchev–Trinajstić information content (AvgIpc) is 2.48. The molecule has 0 fully saturated rings. The van der Waals surface area contributed by atoms with E-state index in [2.05, 4.69) is 17.4 Å². The molecule has 0 saturated heterocycles. The van der Waals surface area contributed by atoms with Crippen LogP contribution in [0.3, 0.4) is 0 Å². The molecule has 0 radical (unpaired) electrons. The summed E-state index contributed by atoms with van der Waals surface area (Å²) < 4.78 is 5.61. The summed E-state index contributed by atoms with van der Waals surface area (Å²) >= 11 is 11.9. The van der Waals surface area contributed by atoms with E-state index >= 15 is 0 Å². The van der Waals surface area contributed by atoms with Crippen molar-refractivity contribution in [2.24, 2.45) is 0 Å². The van der Waals surface area contributed by atoms with E-state index in [0.29, 0.717) is 6.61 Å². The molecule has 22 heavy (non-hydrogen) atoms. The Balaban J connectivity index is 0.00000242. The predicted molar refractivity (Wildman–Crippen MR) is 96.7 cm³/mol. The maximum atomic E-state index is 6.04. The fraction of sp³-hybridized carbons (Fsp3) is 0.294. The Morgan fingerprint density at radius 1 is 1.00 bits per heavy atom. The van der Waals surface area contributed by atoms with E-state index in [4.69, 9.17) is 27.9 Å². The fourth-order valence-corrected chi connectivity index (χ4v) is 2.41. The molecule has 0 aromatic heterocycles. The van der Waals surface area contributed by atoms with Crippen molar-refractivity contribution >= 4 is 35.6 Å². The Labute approximate surface area is 148 Å². The smallest absolute Gasteiger partial charge is 0.123 e. The largest absolute Gasteiger partial charge is 0.494 e. The summed E-state index contributed by atoms with van der Waals surface area (Å²) in [6.07, 6.45) is 0.960. The van der Waals surface area contributed by atoms with Crippen molar-refractivity contribution < 1.29 is 4.74 Å². The third kappa shape index (κ3) is 6.05. The van der Waals surface area contributed by atoms with Gasteiger partial charge in [0.05, 0.1) is 6.61 Å². The number of benzene rings is 2. The summed E-state index contributed by atoms with van der Waals surface area (Å²) in [6.45, 7) is 4.26. The van der Waals surface area contributed by atoms with Crippen LogP contribution in [-0.2, 0) is 13.0 Å². The average molecular weight is 361 g/mol. The second kappa shape index (κ2) is 9.96. The number of hydrogen-bond donors (Lipinski definition) is 1. The van der Waals surface area contributed by atoms with Gasteiger partial charge in [0.25, 0.3) is 0 Å². The predicted octanol–water partition coefficient (Wildman–Crippen LogP) is 5.15. The highest BCUT2D eigenvalue weighted by molar-refractivity contribution is 6.30. The highest BCUT2D eigenvalue weighted by Crippen LogP contribution is 2.22. The molecule has 1 N–H and O–H groups in total. The van der Waals surface area contributed by atoms with Gasteiger partial charge in [0.2, 0.25) is 0 Å². The first-order valence-electron chi connectivity index (χ1n) is 7.05. The summed E-state index contributed by atoms with van der Waals surface area (Å²) in [4.78, 5) is 0. The van der Waals surface area contributed by atoms with Crippen molar-refractivity contribution in [2.75, 3.05) is 13.2 Å². The quantitative estimate of drug-likeness (QED) is 0.690. The summed E-state index contributed by atoms with van der Waals surface area (Å²) in [5.74, 6) is 0.890. The standard InChI is InChI=1S/C17H19Cl2NO.ClH/c1-2-21-17-8-7-16(19)11-14(17)12-20-10-9-13-3-5-15(18)6-4-13;/h3-8,11,20H,2,9-10,12H2,1H3;1H. The van der Waals surface area contributed by atoms with E-state index in [9.17, 15) is 0 Å². The first kappa shape index (κ1) is 19.1. The third-order valence-corrected chi connectivity index (χ3v) is 3.63. The van der Waals surface area contributed by atoms with Crippen molar-refractivity contribution in [3.05, 3.63) is 63.6 Å². The molecule has 5 heteroatoms. The second-order valence-corrected chi connectivity index (χ2v) is 5.61. The van der Waals surface area contributed by atoms with E-state index < -0.39 is 0 Å². The van der Waals surface area contributed by atoms with Gasteiger partial charge in [0, 0.05) is 22.2 Å². The minimum Gasteiger partial charge on any atom is -0.494 e. The zero-order chi connectivity index (χ0) is 15.1. The third-order valence-electron chi connectivity index (χ3n) is 3.14. The Bertz CT molecular complexity index is 573. The molecular weight excluding hydrogens is 341 g/mol. The molecule has 0 heterocycles. The monoisotopic (exact) mass is 359 g/mol. The van der Waals surface area contributed by atoms with Crippen molar-refractivity contribution in [3.63, 3.8) is 0 Å². The topological polar surface area (TPSA) is 21.3 Å². The van der Waals surface area contributed by atoms with Crippen molar-refractivity contribution in [3.8, 4) is 5.75 Å². The second-order valence-electron chi connectivity index (χ2n) is 4.74. The number of nitrogens with one attached hydrogen (secondary N) is 1. The van der Waals surface area contributed by atoms with Crippen LogP contribution in [0.25, 0.3) is 0 Å². The number of rotatable bonds is 7. The lowest BCUT2D eigenvalue weighted by Gasteiger charge is -2.11. The molecule has 2 rings (SSSR count). The van der Waals surface area contributed by atoms with E-state index in [1.165, 1.54) is 5.56 Å². The Hall–Kier alpha value is -0.930. The van der Waals surface area contributed by atoms with Crippen LogP contribution in [0.4, 0.5) is 0 Å². The van der Waals surface area contributed by atoms with Gasteiger partial charge in [-0.1, -0.05) is 35.3 Å².